The van der Waals surface area contributed by atoms with E-state index in [2.05, 4.69) is 159 Å². The molecule has 39 heavy (non-hydrogen) atoms. The first kappa shape index (κ1) is 26.4. The molecule has 4 aliphatic heterocycles. The van der Waals surface area contributed by atoms with Crippen LogP contribution in [0.25, 0.3) is 0 Å². The van der Waals surface area contributed by atoms with E-state index in [1.165, 1.54) is 28.4 Å². The van der Waals surface area contributed by atoms with Gasteiger partial charge in [-0.2, -0.15) is 0 Å². The van der Waals surface area contributed by atoms with Crippen LogP contribution in [0, 0.1) is 5.92 Å². The molecular weight excluding hydrogens is 589 g/mol. The van der Waals surface area contributed by atoms with Gasteiger partial charge < -0.3 is 0 Å². The molecule has 4 aliphatic carbocycles. The quantitative estimate of drug-likeness (QED) is 0.298. The smallest absolute Gasteiger partial charge is 0.0614 e. The molecule has 1 saturated carbocycles. The molecule has 4 heterocycles. The van der Waals surface area contributed by atoms with Gasteiger partial charge in [0.25, 0.3) is 0 Å². The lowest BCUT2D eigenvalue weighted by molar-refractivity contribution is 0.547. The normalized spacial score (nSPS) is 43.4. The Balaban J connectivity index is 1.15. The minimum Gasteiger partial charge on any atom is -0.141 e. The van der Waals surface area contributed by atoms with E-state index < -0.39 is 0 Å². The van der Waals surface area contributed by atoms with Gasteiger partial charge in [-0.1, -0.05) is 61.6 Å². The lowest BCUT2D eigenvalue weighted by Gasteiger charge is -2.48. The van der Waals surface area contributed by atoms with Crippen LogP contribution in [0.4, 0.5) is 0 Å². The van der Waals surface area contributed by atoms with Gasteiger partial charge in [0.05, 0.1) is 9.49 Å². The summed E-state index contributed by atoms with van der Waals surface area (Å²) < 4.78 is 3.25. The highest BCUT2D eigenvalue weighted by Crippen LogP contribution is 2.72. The molecule has 0 radical (unpaired) electrons. The number of thioether (sulfide) groups is 6. The SMILES string of the molecule is CC1=C(C=C2SC3C=CC=CC3S2)SC2(C)C1=C1CCCC1=C1C(C)C(C=C3SC4C=CC=CC4S3)SC12C. The molecule has 0 aromatic carbocycles. The molecule has 202 valence electrons. The van der Waals surface area contributed by atoms with Crippen molar-refractivity contribution in [2.45, 2.75) is 82.7 Å². The Morgan fingerprint density at radius 3 is 1.95 bits per heavy atom. The Morgan fingerprint density at radius 2 is 1.33 bits per heavy atom. The van der Waals surface area contributed by atoms with Crippen LogP contribution in [-0.4, -0.2) is 35.7 Å². The van der Waals surface area contributed by atoms with Crippen LogP contribution in [0.15, 0.2) is 102 Å². The van der Waals surface area contributed by atoms with Gasteiger partial charge in [-0.25, -0.2) is 0 Å². The molecular formula is C33H34S6. The third kappa shape index (κ3) is 3.94. The predicted octanol–water partition coefficient (Wildman–Crippen LogP) is 10.4. The molecule has 0 aromatic rings. The molecule has 0 spiro atoms. The zero-order valence-electron chi connectivity index (χ0n) is 22.8. The molecule has 0 aromatic heterocycles. The molecule has 8 atom stereocenters. The summed E-state index contributed by atoms with van der Waals surface area (Å²) in [5.41, 5.74) is 8.52. The van der Waals surface area contributed by atoms with Gasteiger partial charge >= 0.3 is 0 Å². The van der Waals surface area contributed by atoms with E-state index in [-0.39, 0.29) is 9.49 Å². The van der Waals surface area contributed by atoms with E-state index in [0.29, 0.717) is 32.2 Å². The molecule has 8 unspecified atom stereocenters. The second kappa shape index (κ2) is 9.64. The minimum absolute atomic E-state index is 0.0874. The molecule has 4 fully saturated rings. The lowest BCUT2D eigenvalue weighted by Crippen LogP contribution is -2.48. The van der Waals surface area contributed by atoms with Crippen LogP contribution in [0.5, 0.6) is 0 Å². The van der Waals surface area contributed by atoms with E-state index in [4.69, 9.17) is 0 Å². The maximum absolute atomic E-state index is 2.66. The Kier molecular flexibility index (Phi) is 6.52. The van der Waals surface area contributed by atoms with Gasteiger partial charge in [-0.05, 0) is 79.9 Å². The van der Waals surface area contributed by atoms with Crippen LogP contribution in [0.2, 0.25) is 0 Å². The highest BCUT2D eigenvalue weighted by molar-refractivity contribution is 8.26. The van der Waals surface area contributed by atoms with Crippen molar-refractivity contribution in [2.75, 3.05) is 0 Å². The molecule has 0 bridgehead atoms. The van der Waals surface area contributed by atoms with Crippen LogP contribution >= 0.6 is 70.6 Å². The van der Waals surface area contributed by atoms with Crippen molar-refractivity contribution in [3.05, 3.63) is 102 Å². The monoisotopic (exact) mass is 622 g/mol. The summed E-state index contributed by atoms with van der Waals surface area (Å²) in [7, 11) is 0. The lowest BCUT2D eigenvalue weighted by atomic mass is 9.67. The standard InChI is InChI=1S/C33H34S6/c1-18-26(16-28-34-22-12-5-6-13-23(22)35-28)38-32(3)30(18)20-10-9-11-21(20)31-19(2)27(39-33(31,32)4)17-29-36-24-14-7-8-15-25(24)37-29/h5-8,12-18,22-26H,9-11H2,1-4H3. The average Bonchev–Trinajstić information content (AvgIpc) is 3.71. The fourth-order valence-corrected chi connectivity index (χ4v) is 17.7. The number of fused-ring (bicyclic) bond motifs is 6. The van der Waals surface area contributed by atoms with Crippen molar-refractivity contribution in [3.63, 3.8) is 0 Å². The number of rotatable bonds is 2. The topological polar surface area (TPSA) is 0 Å². The highest BCUT2D eigenvalue weighted by Gasteiger charge is 2.63. The number of allylic oxidation sites excluding steroid dienone is 8. The summed E-state index contributed by atoms with van der Waals surface area (Å²) in [6.07, 6.45) is 27.5. The molecule has 0 nitrogen and oxygen atoms in total. The maximum Gasteiger partial charge on any atom is 0.0614 e. The first-order valence-electron chi connectivity index (χ1n) is 14.2. The number of hydrogen-bond donors (Lipinski definition) is 0. The van der Waals surface area contributed by atoms with Gasteiger partial charge in [0.1, 0.15) is 0 Å². The highest BCUT2D eigenvalue weighted by atomic mass is 32.2. The van der Waals surface area contributed by atoms with Crippen LogP contribution in [0.1, 0.15) is 47.0 Å². The fourth-order valence-electron chi connectivity index (χ4n) is 7.82. The third-order valence-electron chi connectivity index (χ3n) is 9.76. The van der Waals surface area contributed by atoms with E-state index >= 15 is 0 Å². The minimum atomic E-state index is 0.0874. The largest absolute Gasteiger partial charge is 0.141 e. The molecule has 6 heteroatoms. The van der Waals surface area contributed by atoms with Gasteiger partial charge in [0, 0.05) is 39.6 Å². The van der Waals surface area contributed by atoms with Crippen molar-refractivity contribution >= 4 is 70.6 Å². The zero-order valence-corrected chi connectivity index (χ0v) is 27.7. The third-order valence-corrected chi connectivity index (χ3v) is 19.3. The van der Waals surface area contributed by atoms with Crippen molar-refractivity contribution in [2.24, 2.45) is 5.92 Å². The molecule has 3 saturated heterocycles. The van der Waals surface area contributed by atoms with Crippen LogP contribution in [0.3, 0.4) is 0 Å². The van der Waals surface area contributed by atoms with Crippen molar-refractivity contribution in [1.82, 2.24) is 0 Å². The summed E-state index contributed by atoms with van der Waals surface area (Å²) in [4.78, 5) is 1.52. The fraction of sp³-hybridized carbons (Fsp3) is 0.455. The average molecular weight is 623 g/mol. The zero-order chi connectivity index (χ0) is 26.5. The Morgan fingerprint density at radius 1 is 0.769 bits per heavy atom. The summed E-state index contributed by atoms with van der Waals surface area (Å²) in [5, 5.41) is 2.94. The summed E-state index contributed by atoms with van der Waals surface area (Å²) in [5.74, 6) is 0.592. The summed E-state index contributed by atoms with van der Waals surface area (Å²) >= 11 is 12.8. The van der Waals surface area contributed by atoms with Crippen molar-refractivity contribution in [3.8, 4) is 0 Å². The molecule has 8 aliphatic rings. The first-order chi connectivity index (χ1) is 18.9. The molecule has 0 N–H and O–H groups in total. The number of hydrogen-bond acceptors (Lipinski definition) is 6. The van der Waals surface area contributed by atoms with E-state index in [9.17, 15) is 0 Å². The molecule has 0 amide bonds. The van der Waals surface area contributed by atoms with Gasteiger partial charge in [0.2, 0.25) is 0 Å². The van der Waals surface area contributed by atoms with E-state index in [1.54, 1.807) is 32.1 Å². The van der Waals surface area contributed by atoms with Gasteiger partial charge in [0.15, 0.2) is 0 Å². The summed E-state index contributed by atoms with van der Waals surface area (Å²) in [6.45, 7) is 10.2. The van der Waals surface area contributed by atoms with E-state index in [0.717, 1.165) is 0 Å². The van der Waals surface area contributed by atoms with Gasteiger partial charge in [-0.3, -0.25) is 0 Å². The van der Waals surface area contributed by atoms with E-state index in [1.807, 2.05) is 0 Å². The Hall–Kier alpha value is -0.240. The predicted molar refractivity (Wildman–Crippen MR) is 184 cm³/mol. The second-order valence-corrected chi connectivity index (χ2v) is 20.4. The van der Waals surface area contributed by atoms with Crippen molar-refractivity contribution < 1.29 is 0 Å². The Bertz CT molecular complexity index is 1390. The Labute approximate surface area is 259 Å². The summed E-state index contributed by atoms with van der Waals surface area (Å²) in [6, 6.07) is 0. The molecule has 8 rings (SSSR count). The van der Waals surface area contributed by atoms with Crippen molar-refractivity contribution in [1.29, 1.82) is 0 Å². The maximum atomic E-state index is 2.66. The second-order valence-electron chi connectivity index (χ2n) is 11.9. The van der Waals surface area contributed by atoms with Crippen LogP contribution < -0.4 is 0 Å². The first-order valence-corrected chi connectivity index (χ1v) is 19.4. The van der Waals surface area contributed by atoms with Gasteiger partial charge in [-0.15, -0.1) is 70.6 Å². The van der Waals surface area contributed by atoms with Crippen LogP contribution in [-0.2, 0) is 0 Å².